The van der Waals surface area contributed by atoms with Gasteiger partial charge < -0.3 is 0 Å². The summed E-state index contributed by atoms with van der Waals surface area (Å²) < 4.78 is 0. The van der Waals surface area contributed by atoms with Crippen LogP contribution in [-0.2, 0) is 0 Å². The highest BCUT2D eigenvalue weighted by Crippen LogP contribution is 2.06. The molecule has 0 saturated heterocycles. The van der Waals surface area contributed by atoms with Crippen LogP contribution in [0.2, 0.25) is 0 Å². The Morgan fingerprint density at radius 3 is 2.60 bits per heavy atom. The first-order valence-corrected chi connectivity index (χ1v) is 3.63. The van der Waals surface area contributed by atoms with Crippen molar-refractivity contribution in [1.82, 2.24) is 0 Å². The smallest absolute Gasteiger partial charge is 0.0421 e. The lowest BCUT2D eigenvalue weighted by molar-refractivity contribution is 0.660. The van der Waals surface area contributed by atoms with Crippen LogP contribution in [0.4, 0.5) is 0 Å². The second kappa shape index (κ2) is 5.09. The van der Waals surface area contributed by atoms with Gasteiger partial charge in [-0.3, -0.25) is 0 Å². The van der Waals surface area contributed by atoms with Gasteiger partial charge in [0.15, 0.2) is 0 Å². The lowest BCUT2D eigenvalue weighted by Crippen LogP contribution is -2.05. The van der Waals surface area contributed by atoms with Gasteiger partial charge in [-0.05, 0) is 19.3 Å². The third-order valence-corrected chi connectivity index (χ3v) is 1.64. The molecule has 3 nitrogen and oxygen atoms in total. The SMILES string of the molecule is CCCC(C)/C(C)=N\N=N. The number of rotatable bonds is 4. The fourth-order valence-electron chi connectivity index (χ4n) is 0.819. The first kappa shape index (κ1) is 9.27. The second-order valence-corrected chi connectivity index (χ2v) is 2.53. The van der Waals surface area contributed by atoms with Crippen molar-refractivity contribution in [2.24, 2.45) is 16.2 Å². The van der Waals surface area contributed by atoms with Crippen molar-refractivity contribution in [2.45, 2.75) is 33.6 Å². The van der Waals surface area contributed by atoms with E-state index in [1.54, 1.807) is 0 Å². The highest BCUT2D eigenvalue weighted by Gasteiger charge is 2.02. The zero-order valence-electron chi connectivity index (χ0n) is 6.89. The molecule has 10 heavy (non-hydrogen) atoms. The van der Waals surface area contributed by atoms with Crippen molar-refractivity contribution in [2.75, 3.05) is 0 Å². The van der Waals surface area contributed by atoms with E-state index in [1.807, 2.05) is 6.92 Å². The van der Waals surface area contributed by atoms with Gasteiger partial charge in [-0.2, -0.15) is 5.53 Å². The summed E-state index contributed by atoms with van der Waals surface area (Å²) in [7, 11) is 0. The third-order valence-electron chi connectivity index (χ3n) is 1.64. The zero-order chi connectivity index (χ0) is 7.98. The van der Waals surface area contributed by atoms with Gasteiger partial charge in [-0.15, -0.1) is 5.10 Å². The van der Waals surface area contributed by atoms with Gasteiger partial charge in [-0.1, -0.05) is 25.5 Å². The Bertz CT molecular complexity index is 129. The Kier molecular flexibility index (Phi) is 4.72. The molecule has 0 aromatic carbocycles. The van der Waals surface area contributed by atoms with Crippen LogP contribution in [0, 0.1) is 11.4 Å². The largest absolute Gasteiger partial charge is 0.185 e. The molecule has 0 aliphatic heterocycles. The molecule has 1 atom stereocenters. The van der Waals surface area contributed by atoms with Crippen LogP contribution in [0.1, 0.15) is 33.6 Å². The Morgan fingerprint density at radius 2 is 2.20 bits per heavy atom. The van der Waals surface area contributed by atoms with E-state index in [0.717, 1.165) is 18.6 Å². The molecule has 0 aromatic heterocycles. The van der Waals surface area contributed by atoms with Crippen LogP contribution in [0.25, 0.3) is 0 Å². The molecule has 0 aromatic rings. The molecule has 0 heterocycles. The van der Waals surface area contributed by atoms with Crippen molar-refractivity contribution in [3.63, 3.8) is 0 Å². The first-order chi connectivity index (χ1) is 4.72. The van der Waals surface area contributed by atoms with Gasteiger partial charge in [-0.25, -0.2) is 0 Å². The topological polar surface area (TPSA) is 48.6 Å². The number of nitrogens with one attached hydrogen (secondary N) is 1. The predicted molar refractivity (Wildman–Crippen MR) is 42.3 cm³/mol. The fourth-order valence-corrected chi connectivity index (χ4v) is 0.819. The maximum Gasteiger partial charge on any atom is 0.0421 e. The van der Waals surface area contributed by atoms with Crippen LogP contribution in [0.5, 0.6) is 0 Å². The minimum absolute atomic E-state index is 0.471. The summed E-state index contributed by atoms with van der Waals surface area (Å²) in [6.45, 7) is 6.16. The van der Waals surface area contributed by atoms with E-state index in [1.165, 1.54) is 0 Å². The van der Waals surface area contributed by atoms with Crippen LogP contribution < -0.4 is 0 Å². The molecule has 0 saturated carbocycles. The Morgan fingerprint density at radius 1 is 1.60 bits per heavy atom. The second-order valence-electron chi connectivity index (χ2n) is 2.53. The van der Waals surface area contributed by atoms with Gasteiger partial charge in [0.25, 0.3) is 0 Å². The standard InChI is InChI=1S/C7H15N3/c1-4-5-6(2)7(3)9-10-8/h6,8H,4-5H2,1-3H3/b9-7-,10-8?. The molecule has 1 unspecified atom stereocenters. The molecule has 1 N–H and O–H groups in total. The lowest BCUT2D eigenvalue weighted by atomic mass is 10.0. The van der Waals surface area contributed by atoms with E-state index >= 15 is 0 Å². The van der Waals surface area contributed by atoms with Crippen molar-refractivity contribution in [3.05, 3.63) is 0 Å². The summed E-state index contributed by atoms with van der Waals surface area (Å²) in [4.78, 5) is 0. The molecule has 0 amide bonds. The van der Waals surface area contributed by atoms with E-state index in [2.05, 4.69) is 24.2 Å². The molecule has 0 radical (unpaired) electrons. The van der Waals surface area contributed by atoms with Crippen LogP contribution in [0.15, 0.2) is 10.3 Å². The normalized spacial score (nSPS) is 14.9. The van der Waals surface area contributed by atoms with Crippen molar-refractivity contribution < 1.29 is 0 Å². The van der Waals surface area contributed by atoms with Crippen molar-refractivity contribution >= 4 is 5.71 Å². The quantitative estimate of drug-likeness (QED) is 0.355. The molecule has 0 spiro atoms. The Labute approximate surface area is 62.0 Å². The maximum atomic E-state index is 6.50. The molecule has 0 fully saturated rings. The number of nitrogens with zero attached hydrogens (tertiary/aromatic N) is 2. The average molecular weight is 141 g/mol. The number of hydrogen-bond acceptors (Lipinski definition) is 2. The molecule has 0 aliphatic rings. The molecular weight excluding hydrogens is 126 g/mol. The minimum atomic E-state index is 0.471. The summed E-state index contributed by atoms with van der Waals surface area (Å²) in [5, 5.41) is 6.63. The summed E-state index contributed by atoms with van der Waals surface area (Å²) in [5.74, 6) is 0.471. The highest BCUT2D eigenvalue weighted by atomic mass is 15.3. The van der Waals surface area contributed by atoms with E-state index in [4.69, 9.17) is 5.53 Å². The van der Waals surface area contributed by atoms with Crippen LogP contribution >= 0.6 is 0 Å². The van der Waals surface area contributed by atoms with Gasteiger partial charge in [0.1, 0.15) is 0 Å². The van der Waals surface area contributed by atoms with E-state index in [9.17, 15) is 0 Å². The van der Waals surface area contributed by atoms with Gasteiger partial charge in [0.05, 0.1) is 0 Å². The van der Waals surface area contributed by atoms with E-state index < -0.39 is 0 Å². The summed E-state index contributed by atoms with van der Waals surface area (Å²) >= 11 is 0. The lowest BCUT2D eigenvalue weighted by Gasteiger charge is -2.06. The fraction of sp³-hybridized carbons (Fsp3) is 0.857. The zero-order valence-corrected chi connectivity index (χ0v) is 6.89. The average Bonchev–Trinajstić information content (AvgIpc) is 1.89. The summed E-state index contributed by atoms with van der Waals surface area (Å²) in [5.41, 5.74) is 7.45. The predicted octanol–water partition coefficient (Wildman–Crippen LogP) is 2.83. The van der Waals surface area contributed by atoms with Crippen molar-refractivity contribution in [3.8, 4) is 0 Å². The third kappa shape index (κ3) is 3.33. The van der Waals surface area contributed by atoms with E-state index in [-0.39, 0.29) is 0 Å². The molecule has 0 aliphatic carbocycles. The first-order valence-electron chi connectivity index (χ1n) is 3.63. The van der Waals surface area contributed by atoms with Crippen LogP contribution in [0.3, 0.4) is 0 Å². The number of hydrogen-bond donors (Lipinski definition) is 1. The summed E-state index contributed by atoms with van der Waals surface area (Å²) in [6.07, 6.45) is 2.29. The monoisotopic (exact) mass is 141 g/mol. The minimum Gasteiger partial charge on any atom is -0.185 e. The molecule has 0 bridgehead atoms. The summed E-state index contributed by atoms with van der Waals surface area (Å²) in [6, 6.07) is 0. The molecular formula is C7H15N3. The molecule has 0 rings (SSSR count). The maximum absolute atomic E-state index is 6.50. The molecule has 58 valence electrons. The van der Waals surface area contributed by atoms with E-state index in [0.29, 0.717) is 5.92 Å². The van der Waals surface area contributed by atoms with Gasteiger partial charge in [0, 0.05) is 5.71 Å². The van der Waals surface area contributed by atoms with Crippen LogP contribution in [-0.4, -0.2) is 5.71 Å². The molecule has 3 heteroatoms. The Balaban J connectivity index is 3.80. The van der Waals surface area contributed by atoms with Gasteiger partial charge in [0.2, 0.25) is 0 Å². The van der Waals surface area contributed by atoms with Gasteiger partial charge >= 0.3 is 0 Å². The highest BCUT2D eigenvalue weighted by molar-refractivity contribution is 5.83. The van der Waals surface area contributed by atoms with Crippen molar-refractivity contribution in [1.29, 1.82) is 5.53 Å². The Hall–Kier alpha value is -0.730.